The van der Waals surface area contributed by atoms with Crippen molar-refractivity contribution in [3.05, 3.63) is 61.5 Å². The molecule has 0 saturated heterocycles. The molecular formula is C15H13BrCl3NO. The summed E-state index contributed by atoms with van der Waals surface area (Å²) < 4.78 is 0.781. The van der Waals surface area contributed by atoms with E-state index in [2.05, 4.69) is 21.2 Å². The summed E-state index contributed by atoms with van der Waals surface area (Å²) in [6.45, 7) is 1.78. The maximum atomic E-state index is 9.81. The maximum Gasteiger partial charge on any atom is 0.0828 e. The third-order valence-electron chi connectivity index (χ3n) is 3.21. The van der Waals surface area contributed by atoms with Crippen LogP contribution >= 0.6 is 50.7 Å². The van der Waals surface area contributed by atoms with Gasteiger partial charge in [0.2, 0.25) is 0 Å². The summed E-state index contributed by atoms with van der Waals surface area (Å²) in [7, 11) is 0. The Morgan fingerprint density at radius 1 is 1.05 bits per heavy atom. The van der Waals surface area contributed by atoms with Crippen LogP contribution in [-0.2, 0) is 5.54 Å². The van der Waals surface area contributed by atoms with E-state index < -0.39 is 5.54 Å². The van der Waals surface area contributed by atoms with E-state index in [1.54, 1.807) is 18.2 Å². The topological polar surface area (TPSA) is 32.3 Å². The Balaban J connectivity index is 2.36. The maximum absolute atomic E-state index is 9.81. The molecule has 2 rings (SSSR count). The summed E-state index contributed by atoms with van der Waals surface area (Å²) in [5.41, 5.74) is 0.973. The number of aliphatic hydroxyl groups is 1. The first kappa shape index (κ1) is 16.9. The van der Waals surface area contributed by atoms with Gasteiger partial charge in [-0.1, -0.05) is 40.9 Å². The van der Waals surface area contributed by atoms with Crippen LogP contribution in [0.3, 0.4) is 0 Å². The summed E-state index contributed by atoms with van der Waals surface area (Å²) in [6, 6.07) is 10.8. The number of rotatable bonds is 4. The second kappa shape index (κ2) is 6.76. The van der Waals surface area contributed by atoms with Gasteiger partial charge in [-0.2, -0.15) is 0 Å². The van der Waals surface area contributed by atoms with Crippen molar-refractivity contribution in [1.82, 2.24) is 0 Å². The number of hydrogen-bond donors (Lipinski definition) is 2. The van der Waals surface area contributed by atoms with Gasteiger partial charge in [0.25, 0.3) is 0 Å². The van der Waals surface area contributed by atoms with Gasteiger partial charge in [0.15, 0.2) is 0 Å². The van der Waals surface area contributed by atoms with Gasteiger partial charge < -0.3 is 10.4 Å². The van der Waals surface area contributed by atoms with Crippen LogP contribution in [0.25, 0.3) is 0 Å². The summed E-state index contributed by atoms with van der Waals surface area (Å²) in [5, 5.41) is 14.7. The molecule has 0 saturated carbocycles. The highest BCUT2D eigenvalue weighted by Gasteiger charge is 2.26. The van der Waals surface area contributed by atoms with Crippen LogP contribution in [-0.4, -0.2) is 11.7 Å². The van der Waals surface area contributed by atoms with Crippen LogP contribution in [0.15, 0.2) is 40.9 Å². The van der Waals surface area contributed by atoms with Crippen molar-refractivity contribution >= 4 is 56.4 Å². The lowest BCUT2D eigenvalue weighted by Gasteiger charge is -2.31. The number of hydrogen-bond acceptors (Lipinski definition) is 2. The molecule has 1 atom stereocenters. The zero-order chi connectivity index (χ0) is 15.6. The monoisotopic (exact) mass is 407 g/mol. The van der Waals surface area contributed by atoms with E-state index in [0.29, 0.717) is 15.1 Å². The van der Waals surface area contributed by atoms with E-state index >= 15 is 0 Å². The largest absolute Gasteiger partial charge is 0.394 e. The molecule has 0 heterocycles. The van der Waals surface area contributed by atoms with Gasteiger partial charge in [0.1, 0.15) is 0 Å². The molecule has 0 aliphatic rings. The highest BCUT2D eigenvalue weighted by molar-refractivity contribution is 9.10. The third-order valence-corrected chi connectivity index (χ3v) is 5.17. The van der Waals surface area contributed by atoms with Crippen molar-refractivity contribution in [3.63, 3.8) is 0 Å². The molecule has 112 valence electrons. The number of nitrogens with one attached hydrogen (secondary N) is 1. The predicted molar refractivity (Wildman–Crippen MR) is 93.7 cm³/mol. The van der Waals surface area contributed by atoms with Crippen molar-refractivity contribution in [1.29, 1.82) is 0 Å². The molecule has 0 fully saturated rings. The number of benzene rings is 2. The molecule has 1 unspecified atom stereocenters. The SMILES string of the molecule is CC(CO)(Nc1ccc(Cl)c(Br)c1)c1ccc(Cl)c(Cl)c1. The second-order valence-corrected chi connectivity index (χ2v) is 6.95. The van der Waals surface area contributed by atoms with Crippen LogP contribution in [0.5, 0.6) is 0 Å². The summed E-state index contributed by atoms with van der Waals surface area (Å²) in [5.74, 6) is 0. The van der Waals surface area contributed by atoms with Gasteiger partial charge in [-0.05, 0) is 58.7 Å². The zero-order valence-corrected chi connectivity index (χ0v) is 15.0. The molecule has 0 amide bonds. The normalized spacial score (nSPS) is 13.8. The average Bonchev–Trinajstić information content (AvgIpc) is 2.45. The van der Waals surface area contributed by atoms with Crippen molar-refractivity contribution in [2.75, 3.05) is 11.9 Å². The fourth-order valence-electron chi connectivity index (χ4n) is 1.93. The average molecular weight is 410 g/mol. The van der Waals surface area contributed by atoms with Crippen molar-refractivity contribution in [2.45, 2.75) is 12.5 Å². The molecule has 21 heavy (non-hydrogen) atoms. The smallest absolute Gasteiger partial charge is 0.0828 e. The fourth-order valence-corrected chi connectivity index (χ4v) is 2.73. The number of halogens is 4. The van der Waals surface area contributed by atoms with Gasteiger partial charge in [-0.15, -0.1) is 0 Å². The Morgan fingerprint density at radius 3 is 2.29 bits per heavy atom. The minimum Gasteiger partial charge on any atom is -0.394 e. The van der Waals surface area contributed by atoms with Crippen LogP contribution < -0.4 is 5.32 Å². The first-order chi connectivity index (χ1) is 9.85. The van der Waals surface area contributed by atoms with Crippen LogP contribution in [0, 0.1) is 0 Å². The van der Waals surface area contributed by atoms with Gasteiger partial charge in [0.05, 0.1) is 27.2 Å². The zero-order valence-electron chi connectivity index (χ0n) is 11.1. The Morgan fingerprint density at radius 2 is 1.71 bits per heavy atom. The summed E-state index contributed by atoms with van der Waals surface area (Å²) >= 11 is 21.4. The first-order valence-electron chi connectivity index (χ1n) is 6.15. The minimum absolute atomic E-state index is 0.106. The van der Waals surface area contributed by atoms with Gasteiger partial charge in [-0.3, -0.25) is 0 Å². The predicted octanol–water partition coefficient (Wildman–Crippen LogP) is 5.73. The number of aliphatic hydroxyl groups excluding tert-OH is 1. The highest BCUT2D eigenvalue weighted by Crippen LogP contribution is 2.33. The molecule has 6 heteroatoms. The lowest BCUT2D eigenvalue weighted by Crippen LogP contribution is -2.35. The molecule has 2 aromatic carbocycles. The molecule has 0 spiro atoms. The molecule has 0 aliphatic carbocycles. The van der Waals surface area contributed by atoms with E-state index in [1.807, 2.05) is 25.1 Å². The van der Waals surface area contributed by atoms with E-state index in [1.165, 1.54) is 0 Å². The molecule has 0 aromatic heterocycles. The van der Waals surface area contributed by atoms with Crippen LogP contribution in [0.2, 0.25) is 15.1 Å². The lowest BCUT2D eigenvalue weighted by atomic mass is 9.92. The van der Waals surface area contributed by atoms with Gasteiger partial charge in [0, 0.05) is 10.2 Å². The molecule has 0 bridgehead atoms. The number of anilines is 1. The van der Waals surface area contributed by atoms with Crippen LogP contribution in [0.1, 0.15) is 12.5 Å². The Kier molecular flexibility index (Phi) is 5.44. The lowest BCUT2D eigenvalue weighted by molar-refractivity contribution is 0.224. The molecule has 2 nitrogen and oxygen atoms in total. The third kappa shape index (κ3) is 3.85. The van der Waals surface area contributed by atoms with Crippen molar-refractivity contribution in [3.8, 4) is 0 Å². The van der Waals surface area contributed by atoms with E-state index in [-0.39, 0.29) is 6.61 Å². The Bertz CT molecular complexity index is 665. The second-order valence-electron chi connectivity index (χ2n) is 4.87. The molecule has 2 N–H and O–H groups in total. The van der Waals surface area contributed by atoms with E-state index in [4.69, 9.17) is 34.8 Å². The van der Waals surface area contributed by atoms with Gasteiger partial charge >= 0.3 is 0 Å². The van der Waals surface area contributed by atoms with Crippen molar-refractivity contribution in [2.24, 2.45) is 0 Å². The molecule has 0 aliphatic heterocycles. The first-order valence-corrected chi connectivity index (χ1v) is 8.08. The van der Waals surface area contributed by atoms with Crippen molar-refractivity contribution < 1.29 is 5.11 Å². The molecular weight excluding hydrogens is 396 g/mol. The summed E-state index contributed by atoms with van der Waals surface area (Å²) in [4.78, 5) is 0. The standard InChI is InChI=1S/C15H13BrCl3NO/c1-15(8-21,9-2-4-13(18)14(19)6-9)20-10-3-5-12(17)11(16)7-10/h2-7,20-21H,8H2,1H3. The fraction of sp³-hybridized carbons (Fsp3) is 0.200. The Hall–Kier alpha value is -0.450. The van der Waals surface area contributed by atoms with E-state index in [9.17, 15) is 5.11 Å². The van der Waals surface area contributed by atoms with Gasteiger partial charge in [-0.25, -0.2) is 0 Å². The highest BCUT2D eigenvalue weighted by atomic mass is 79.9. The van der Waals surface area contributed by atoms with Crippen LogP contribution in [0.4, 0.5) is 5.69 Å². The summed E-state index contributed by atoms with van der Waals surface area (Å²) in [6.07, 6.45) is 0. The minimum atomic E-state index is -0.693. The Labute approximate surface area is 147 Å². The quantitative estimate of drug-likeness (QED) is 0.676. The van der Waals surface area contributed by atoms with E-state index in [0.717, 1.165) is 15.7 Å². The molecule has 0 radical (unpaired) electrons. The molecule has 2 aromatic rings.